The summed E-state index contributed by atoms with van der Waals surface area (Å²) in [7, 11) is 2.42. The molecule has 0 saturated heterocycles. The monoisotopic (exact) mass is 233 g/mol. The first kappa shape index (κ1) is 11.4. The SMILES string of the molecule is Cn1c(=O)n(C)c(=O)n(CC(=O)Cl)c1=O. The van der Waals surface area contributed by atoms with Gasteiger partial charge < -0.3 is 0 Å². The molecule has 82 valence electrons. The molecule has 0 aromatic carbocycles. The fraction of sp³-hybridized carbons (Fsp3) is 0.429. The minimum absolute atomic E-state index is 0.554. The lowest BCUT2D eigenvalue weighted by Crippen LogP contribution is -2.53. The van der Waals surface area contributed by atoms with Gasteiger partial charge in [-0.1, -0.05) is 0 Å². The molecule has 1 rings (SSSR count). The summed E-state index contributed by atoms with van der Waals surface area (Å²) in [5, 5.41) is -0.854. The first-order chi connectivity index (χ1) is 6.86. The largest absolute Gasteiger partial charge is 0.336 e. The third kappa shape index (κ3) is 1.91. The molecule has 15 heavy (non-hydrogen) atoms. The summed E-state index contributed by atoms with van der Waals surface area (Å²) in [5.74, 6) is 0. The van der Waals surface area contributed by atoms with Crippen LogP contribution < -0.4 is 17.1 Å². The van der Waals surface area contributed by atoms with Gasteiger partial charge in [0.05, 0.1) is 0 Å². The lowest BCUT2D eigenvalue weighted by Gasteiger charge is -2.05. The van der Waals surface area contributed by atoms with Gasteiger partial charge in [0.2, 0.25) is 5.24 Å². The zero-order valence-corrected chi connectivity index (χ0v) is 8.82. The molecule has 0 aliphatic heterocycles. The predicted molar refractivity (Wildman–Crippen MR) is 52.0 cm³/mol. The van der Waals surface area contributed by atoms with Crippen molar-refractivity contribution in [2.45, 2.75) is 6.54 Å². The second kappa shape index (κ2) is 3.85. The number of rotatable bonds is 2. The van der Waals surface area contributed by atoms with E-state index in [0.717, 1.165) is 9.13 Å². The summed E-state index contributed by atoms with van der Waals surface area (Å²) in [5.41, 5.74) is -2.47. The van der Waals surface area contributed by atoms with Crippen molar-refractivity contribution in [3.63, 3.8) is 0 Å². The van der Waals surface area contributed by atoms with Gasteiger partial charge in [0.25, 0.3) is 0 Å². The van der Waals surface area contributed by atoms with E-state index in [9.17, 15) is 19.2 Å². The highest BCUT2D eigenvalue weighted by Gasteiger charge is 2.11. The Morgan fingerprint density at radius 2 is 1.47 bits per heavy atom. The molecule has 0 saturated carbocycles. The van der Waals surface area contributed by atoms with Crippen molar-refractivity contribution in [2.75, 3.05) is 0 Å². The average Bonchev–Trinajstić information content (AvgIpc) is 2.18. The van der Waals surface area contributed by atoms with Gasteiger partial charge in [-0.25, -0.2) is 28.1 Å². The first-order valence-electron chi connectivity index (χ1n) is 3.91. The van der Waals surface area contributed by atoms with Crippen LogP contribution in [0.15, 0.2) is 14.4 Å². The number of nitrogens with zero attached hydrogens (tertiary/aromatic N) is 3. The number of hydrogen-bond acceptors (Lipinski definition) is 4. The molecular weight excluding hydrogens is 226 g/mol. The van der Waals surface area contributed by atoms with E-state index < -0.39 is 28.9 Å². The lowest BCUT2D eigenvalue weighted by molar-refractivity contribution is -0.112. The van der Waals surface area contributed by atoms with Crippen molar-refractivity contribution in [3.8, 4) is 0 Å². The van der Waals surface area contributed by atoms with Crippen LogP contribution in [0.3, 0.4) is 0 Å². The van der Waals surface area contributed by atoms with Crippen molar-refractivity contribution in [1.82, 2.24) is 13.7 Å². The maximum absolute atomic E-state index is 11.4. The summed E-state index contributed by atoms with van der Waals surface area (Å²) >= 11 is 5.07. The van der Waals surface area contributed by atoms with Crippen LogP contribution in [0.2, 0.25) is 0 Å². The molecular formula is C7H8ClN3O4. The molecule has 1 aromatic rings. The molecule has 0 atom stereocenters. The molecule has 7 nitrogen and oxygen atoms in total. The van der Waals surface area contributed by atoms with Gasteiger partial charge in [-0.3, -0.25) is 4.79 Å². The summed E-state index contributed by atoms with van der Waals surface area (Å²) in [6.07, 6.45) is 0. The van der Waals surface area contributed by atoms with Gasteiger partial charge in [0.1, 0.15) is 6.54 Å². The fourth-order valence-corrected chi connectivity index (χ4v) is 1.21. The van der Waals surface area contributed by atoms with Crippen LogP contribution in [0, 0.1) is 0 Å². The molecule has 0 amide bonds. The van der Waals surface area contributed by atoms with Crippen LogP contribution in [0.5, 0.6) is 0 Å². The molecule has 0 aliphatic carbocycles. The normalized spacial score (nSPS) is 10.3. The van der Waals surface area contributed by atoms with Crippen LogP contribution in [0.25, 0.3) is 0 Å². The van der Waals surface area contributed by atoms with E-state index in [0.29, 0.717) is 4.57 Å². The second-order valence-electron chi connectivity index (χ2n) is 2.91. The number of aromatic nitrogens is 3. The van der Waals surface area contributed by atoms with E-state index in [-0.39, 0.29) is 0 Å². The molecule has 0 fully saturated rings. The smallest absolute Gasteiger partial charge is 0.279 e. The van der Waals surface area contributed by atoms with Crippen LogP contribution in [0.4, 0.5) is 0 Å². The van der Waals surface area contributed by atoms with Gasteiger partial charge in [-0.05, 0) is 11.6 Å². The van der Waals surface area contributed by atoms with Gasteiger partial charge in [0, 0.05) is 14.1 Å². The highest BCUT2D eigenvalue weighted by molar-refractivity contribution is 6.63. The third-order valence-electron chi connectivity index (χ3n) is 1.89. The standard InChI is InChI=1S/C7H8ClN3O4/c1-9-5(13)10(2)7(15)11(6(9)14)3-4(8)12/h3H2,1-2H3. The zero-order chi connectivity index (χ0) is 11.7. The highest BCUT2D eigenvalue weighted by atomic mass is 35.5. The summed E-state index contributed by atoms with van der Waals surface area (Å²) < 4.78 is 2.04. The zero-order valence-electron chi connectivity index (χ0n) is 8.06. The number of carbonyl (C=O) groups is 1. The molecule has 1 heterocycles. The topological polar surface area (TPSA) is 83.1 Å². The molecule has 0 N–H and O–H groups in total. The van der Waals surface area contributed by atoms with Crippen LogP contribution in [-0.4, -0.2) is 18.9 Å². The summed E-state index contributed by atoms with van der Waals surface area (Å²) in [6, 6.07) is 0. The molecule has 1 aromatic heterocycles. The molecule has 0 aliphatic rings. The van der Waals surface area contributed by atoms with Crippen LogP contribution in [-0.2, 0) is 25.4 Å². The number of halogens is 1. The molecule has 8 heteroatoms. The Balaban J connectivity index is 3.68. The Morgan fingerprint density at radius 3 is 1.80 bits per heavy atom. The van der Waals surface area contributed by atoms with E-state index in [1.165, 1.54) is 14.1 Å². The van der Waals surface area contributed by atoms with E-state index in [2.05, 4.69) is 0 Å². The third-order valence-corrected chi connectivity index (χ3v) is 2.01. The van der Waals surface area contributed by atoms with E-state index in [1.807, 2.05) is 0 Å². The van der Waals surface area contributed by atoms with Crippen LogP contribution in [0.1, 0.15) is 0 Å². The minimum atomic E-state index is -0.864. The predicted octanol–water partition coefficient (Wildman–Crippen LogP) is -1.99. The lowest BCUT2D eigenvalue weighted by atomic mass is 10.6. The Hall–Kier alpha value is -1.63. The van der Waals surface area contributed by atoms with Crippen molar-refractivity contribution in [2.24, 2.45) is 14.1 Å². The average molecular weight is 234 g/mol. The summed E-state index contributed by atoms with van der Waals surface area (Å²) in [4.78, 5) is 44.6. The van der Waals surface area contributed by atoms with E-state index >= 15 is 0 Å². The van der Waals surface area contributed by atoms with Crippen molar-refractivity contribution in [3.05, 3.63) is 31.5 Å². The van der Waals surface area contributed by atoms with E-state index in [4.69, 9.17) is 11.6 Å². The van der Waals surface area contributed by atoms with Crippen molar-refractivity contribution < 1.29 is 4.79 Å². The Labute approximate surface area is 88.1 Å². The van der Waals surface area contributed by atoms with Crippen molar-refractivity contribution in [1.29, 1.82) is 0 Å². The quantitative estimate of drug-likeness (QED) is 0.554. The Kier molecular flexibility index (Phi) is 2.94. The Morgan fingerprint density at radius 1 is 1.07 bits per heavy atom. The van der Waals surface area contributed by atoms with E-state index in [1.54, 1.807) is 0 Å². The Bertz CT molecular complexity index is 539. The maximum Gasteiger partial charge on any atom is 0.336 e. The molecule has 0 bridgehead atoms. The maximum atomic E-state index is 11.4. The number of carbonyl (C=O) groups excluding carboxylic acids is 1. The van der Waals surface area contributed by atoms with Crippen LogP contribution >= 0.6 is 11.6 Å². The molecule has 0 unspecified atom stereocenters. The first-order valence-corrected chi connectivity index (χ1v) is 4.29. The summed E-state index contributed by atoms with van der Waals surface area (Å²) in [6.45, 7) is -0.554. The van der Waals surface area contributed by atoms with Crippen molar-refractivity contribution >= 4 is 16.8 Å². The highest BCUT2D eigenvalue weighted by Crippen LogP contribution is 1.80. The fourth-order valence-electron chi connectivity index (χ4n) is 1.09. The second-order valence-corrected chi connectivity index (χ2v) is 3.33. The van der Waals surface area contributed by atoms with Gasteiger partial charge >= 0.3 is 17.1 Å². The van der Waals surface area contributed by atoms with Gasteiger partial charge in [0.15, 0.2) is 0 Å². The minimum Gasteiger partial charge on any atom is -0.279 e. The molecule has 0 spiro atoms. The number of hydrogen-bond donors (Lipinski definition) is 0. The molecule has 0 radical (unpaired) electrons. The van der Waals surface area contributed by atoms with Gasteiger partial charge in [-0.2, -0.15) is 0 Å². The van der Waals surface area contributed by atoms with Gasteiger partial charge in [-0.15, -0.1) is 0 Å².